The summed E-state index contributed by atoms with van der Waals surface area (Å²) in [5.74, 6) is -2.24. The molecule has 2 aromatic heterocycles. The Morgan fingerprint density at radius 1 is 1.09 bits per heavy atom. The predicted molar refractivity (Wildman–Crippen MR) is 120 cm³/mol. The Kier molecular flexibility index (Phi) is 6.15. The third kappa shape index (κ3) is 4.65. The number of hydrogen-bond acceptors (Lipinski definition) is 3. The number of amides is 1. The number of rotatable bonds is 4. The number of benzene rings is 2. The zero-order chi connectivity index (χ0) is 24.8. The van der Waals surface area contributed by atoms with E-state index < -0.39 is 29.4 Å². The largest absolute Gasteiger partial charge is 0.433 e. The van der Waals surface area contributed by atoms with Crippen LogP contribution in [0.4, 0.5) is 27.6 Å². The number of halogens is 6. The molecule has 1 amide bonds. The maximum atomic E-state index is 14.1. The van der Waals surface area contributed by atoms with E-state index in [-0.39, 0.29) is 34.3 Å². The Hall–Kier alpha value is -3.34. The Morgan fingerprint density at radius 2 is 1.82 bits per heavy atom. The van der Waals surface area contributed by atoms with Crippen LogP contribution < -0.4 is 5.32 Å². The maximum Gasteiger partial charge on any atom is 0.433 e. The Morgan fingerprint density at radius 3 is 2.50 bits per heavy atom. The third-order valence-corrected chi connectivity index (χ3v) is 5.75. The molecule has 2 aromatic carbocycles. The molecule has 0 aliphatic rings. The fourth-order valence-electron chi connectivity index (χ4n) is 3.55. The lowest BCUT2D eigenvalue weighted by molar-refractivity contribution is -0.140. The summed E-state index contributed by atoms with van der Waals surface area (Å²) < 4.78 is 69.4. The summed E-state index contributed by atoms with van der Waals surface area (Å²) in [6.45, 7) is 3.19. The highest BCUT2D eigenvalue weighted by Crippen LogP contribution is 2.32. The first-order chi connectivity index (χ1) is 15.9. The van der Waals surface area contributed by atoms with Crippen LogP contribution in [0.3, 0.4) is 0 Å². The average Bonchev–Trinajstić information content (AvgIpc) is 3.01. The van der Waals surface area contributed by atoms with Crippen molar-refractivity contribution in [2.45, 2.75) is 26.6 Å². The molecule has 0 radical (unpaired) electrons. The lowest BCUT2D eigenvalue weighted by Gasteiger charge is -2.13. The van der Waals surface area contributed by atoms with Gasteiger partial charge in [0.25, 0.3) is 5.91 Å². The molecule has 0 saturated carbocycles. The molecule has 0 unspecified atom stereocenters. The first-order valence-corrected chi connectivity index (χ1v) is 10.7. The van der Waals surface area contributed by atoms with Gasteiger partial charge in [0.15, 0.2) is 0 Å². The van der Waals surface area contributed by atoms with Gasteiger partial charge in [0.1, 0.15) is 17.3 Å². The van der Waals surface area contributed by atoms with E-state index >= 15 is 0 Å². The van der Waals surface area contributed by atoms with E-state index in [2.05, 4.69) is 31.3 Å². The van der Waals surface area contributed by atoms with E-state index in [9.17, 15) is 26.7 Å². The highest BCUT2D eigenvalue weighted by atomic mass is 79.9. The molecular formula is C23H16BrF5N4O. The zero-order valence-corrected chi connectivity index (χ0v) is 19.4. The van der Waals surface area contributed by atoms with Crippen LogP contribution in [0.2, 0.25) is 0 Å². The minimum atomic E-state index is -4.74. The van der Waals surface area contributed by atoms with Crippen molar-refractivity contribution in [1.29, 1.82) is 0 Å². The highest BCUT2D eigenvalue weighted by Gasteiger charge is 2.34. The smallest absolute Gasteiger partial charge is 0.319 e. The van der Waals surface area contributed by atoms with Gasteiger partial charge in [0.2, 0.25) is 0 Å². The fourth-order valence-corrected chi connectivity index (χ4v) is 3.92. The van der Waals surface area contributed by atoms with Crippen LogP contribution in [0.15, 0.2) is 46.9 Å². The number of fused-ring (bicyclic) bond motifs is 1. The molecule has 0 aliphatic heterocycles. The van der Waals surface area contributed by atoms with Gasteiger partial charge in [0.05, 0.1) is 34.7 Å². The van der Waals surface area contributed by atoms with Crippen molar-refractivity contribution in [3.05, 3.63) is 86.8 Å². The van der Waals surface area contributed by atoms with E-state index in [1.54, 1.807) is 13.8 Å². The molecule has 34 heavy (non-hydrogen) atoms. The van der Waals surface area contributed by atoms with Gasteiger partial charge in [-0.1, -0.05) is 22.0 Å². The van der Waals surface area contributed by atoms with Gasteiger partial charge in [-0.15, -0.1) is 0 Å². The molecule has 0 fully saturated rings. The minimum Gasteiger partial charge on any atom is -0.319 e. The normalized spacial score (nSPS) is 11.8. The maximum absolute atomic E-state index is 14.1. The van der Waals surface area contributed by atoms with Gasteiger partial charge in [-0.2, -0.15) is 18.3 Å². The van der Waals surface area contributed by atoms with Gasteiger partial charge in [0, 0.05) is 21.5 Å². The molecule has 5 nitrogen and oxygen atoms in total. The number of aromatic nitrogens is 3. The monoisotopic (exact) mass is 538 g/mol. The predicted octanol–water partition coefficient (Wildman–Crippen LogP) is 6.41. The second-order valence-electron chi connectivity index (χ2n) is 7.61. The molecule has 4 rings (SSSR count). The number of anilines is 1. The minimum absolute atomic E-state index is 0.0131. The first kappa shape index (κ1) is 23.8. The van der Waals surface area contributed by atoms with E-state index in [1.165, 1.54) is 28.9 Å². The molecule has 176 valence electrons. The van der Waals surface area contributed by atoms with Crippen LogP contribution in [0, 0.1) is 25.5 Å². The third-order valence-electron chi connectivity index (χ3n) is 5.26. The Balaban J connectivity index is 1.71. The second-order valence-corrected chi connectivity index (χ2v) is 8.52. The van der Waals surface area contributed by atoms with Crippen LogP contribution in [-0.4, -0.2) is 20.7 Å². The fraction of sp³-hybridized carbons (Fsp3) is 0.174. The van der Waals surface area contributed by atoms with Crippen molar-refractivity contribution in [3.8, 4) is 0 Å². The molecule has 2 heterocycles. The first-order valence-electron chi connectivity index (χ1n) is 9.91. The molecule has 0 spiro atoms. The van der Waals surface area contributed by atoms with Crippen LogP contribution >= 0.6 is 15.9 Å². The van der Waals surface area contributed by atoms with E-state index in [0.29, 0.717) is 21.9 Å². The summed E-state index contributed by atoms with van der Waals surface area (Å²) in [4.78, 5) is 16.8. The lowest BCUT2D eigenvalue weighted by atomic mass is 10.1. The van der Waals surface area contributed by atoms with Crippen molar-refractivity contribution in [2.75, 3.05) is 5.32 Å². The zero-order valence-electron chi connectivity index (χ0n) is 17.8. The van der Waals surface area contributed by atoms with Gasteiger partial charge in [-0.3, -0.25) is 9.48 Å². The Labute approximate surface area is 198 Å². The van der Waals surface area contributed by atoms with Gasteiger partial charge >= 0.3 is 6.18 Å². The summed E-state index contributed by atoms with van der Waals surface area (Å²) >= 11 is 3.26. The molecular weight excluding hydrogens is 523 g/mol. The summed E-state index contributed by atoms with van der Waals surface area (Å²) in [5, 5.41) is 7.15. The number of alkyl halides is 3. The standard InChI is InChI=1S/C23H16BrF5N4O/c1-11-21(12(2)33(32-11)10-13-3-5-15(25)8-18(13)26)31-22(34)17-9-20(23(27,28)29)30-19-6-4-14(24)7-16(17)19/h3-9H,10H2,1-2H3,(H,31,34). The second kappa shape index (κ2) is 8.79. The summed E-state index contributed by atoms with van der Waals surface area (Å²) in [6, 6.07) is 8.30. The topological polar surface area (TPSA) is 59.8 Å². The van der Waals surface area contributed by atoms with E-state index in [1.807, 2.05) is 0 Å². The number of pyridine rings is 1. The molecule has 11 heteroatoms. The van der Waals surface area contributed by atoms with Crippen molar-refractivity contribution >= 4 is 38.4 Å². The highest BCUT2D eigenvalue weighted by molar-refractivity contribution is 9.10. The number of hydrogen-bond donors (Lipinski definition) is 1. The molecule has 0 saturated heterocycles. The lowest BCUT2D eigenvalue weighted by Crippen LogP contribution is -2.17. The summed E-state index contributed by atoms with van der Waals surface area (Å²) in [6.07, 6.45) is -4.74. The van der Waals surface area contributed by atoms with Gasteiger partial charge in [-0.25, -0.2) is 13.8 Å². The van der Waals surface area contributed by atoms with Crippen LogP contribution in [0.25, 0.3) is 10.9 Å². The molecule has 4 aromatic rings. The van der Waals surface area contributed by atoms with Crippen LogP contribution in [0.1, 0.15) is 33.0 Å². The van der Waals surface area contributed by atoms with Crippen molar-refractivity contribution in [3.63, 3.8) is 0 Å². The van der Waals surface area contributed by atoms with E-state index in [0.717, 1.165) is 12.1 Å². The van der Waals surface area contributed by atoms with Gasteiger partial charge in [-0.05, 0) is 44.2 Å². The molecule has 0 bridgehead atoms. The van der Waals surface area contributed by atoms with Gasteiger partial charge < -0.3 is 5.32 Å². The van der Waals surface area contributed by atoms with Crippen LogP contribution in [-0.2, 0) is 12.7 Å². The molecule has 0 aliphatic carbocycles. The van der Waals surface area contributed by atoms with Crippen molar-refractivity contribution < 1.29 is 26.7 Å². The van der Waals surface area contributed by atoms with Crippen LogP contribution in [0.5, 0.6) is 0 Å². The van der Waals surface area contributed by atoms with Crippen molar-refractivity contribution in [1.82, 2.24) is 14.8 Å². The number of nitrogens with one attached hydrogen (secondary N) is 1. The average molecular weight is 539 g/mol. The van der Waals surface area contributed by atoms with Crippen molar-refractivity contribution in [2.24, 2.45) is 0 Å². The number of aryl methyl sites for hydroxylation is 1. The molecule has 1 N–H and O–H groups in total. The summed E-state index contributed by atoms with van der Waals surface area (Å²) in [5.41, 5.74) is -0.0999. The molecule has 0 atom stereocenters. The Bertz CT molecular complexity index is 1430. The summed E-state index contributed by atoms with van der Waals surface area (Å²) in [7, 11) is 0. The quantitative estimate of drug-likeness (QED) is 0.305. The number of carbonyl (C=O) groups is 1. The van der Waals surface area contributed by atoms with E-state index in [4.69, 9.17) is 0 Å². The number of carbonyl (C=O) groups excluding carboxylic acids is 1. The number of nitrogens with zero attached hydrogens (tertiary/aromatic N) is 3. The SMILES string of the molecule is Cc1nn(Cc2ccc(F)cc2F)c(C)c1NC(=O)c1cc(C(F)(F)F)nc2ccc(Br)cc12.